The van der Waals surface area contributed by atoms with Gasteiger partial charge in [0.2, 0.25) is 0 Å². The average Bonchev–Trinajstić information content (AvgIpc) is 4.11. The molecule has 0 amide bonds. The van der Waals surface area contributed by atoms with Crippen LogP contribution in [0.5, 0.6) is 11.5 Å². The van der Waals surface area contributed by atoms with Crippen molar-refractivity contribution in [2.45, 2.75) is 0 Å². The van der Waals surface area contributed by atoms with E-state index < -0.39 is 0 Å². The molecule has 0 N–H and O–H groups in total. The minimum absolute atomic E-state index is 0. The Hall–Kier alpha value is -9.09. The summed E-state index contributed by atoms with van der Waals surface area (Å²) in [7, 11) is 0. The van der Waals surface area contributed by atoms with E-state index in [1.54, 1.807) is 0 Å². The van der Waals surface area contributed by atoms with Gasteiger partial charge in [0, 0.05) is 71.5 Å². The van der Waals surface area contributed by atoms with E-state index in [0.717, 1.165) is 88.2 Å². The van der Waals surface area contributed by atoms with Crippen molar-refractivity contribution in [3.63, 3.8) is 0 Å². The van der Waals surface area contributed by atoms with Crippen LogP contribution < -0.4 is 9.64 Å². The van der Waals surface area contributed by atoms with Crippen molar-refractivity contribution in [3.05, 3.63) is 243 Å². The molecule has 0 unspecified atom stereocenters. The van der Waals surface area contributed by atoms with Crippen LogP contribution in [-0.2, 0) is 21.1 Å². The molecule has 16 rings (SSSR count). The summed E-state index contributed by atoms with van der Waals surface area (Å²) in [5, 5.41) is 14.0. The molecule has 0 bridgehead atoms. The zero-order valence-corrected chi connectivity index (χ0v) is 41.2. The standard InChI is InChI=1S/C66H38N5O.Pt/c1-2-16-41(17-3-1)45-25-11-26-52-48-22-6-4-20-46(48)47-21-5-7-23-49(47)53-31-14-33-59-65(53)69(62(45)52)40-68(59)42-18-10-19-43(38-42)72-44-35-36-51-55-28-13-30-57-56-29-12-27-54-50-24-8-9-32-58(50)70(63(54)56)60-34-15-37-67-66(60)71(64(55)57)61(51)39-44;/h1-37,40H;/q-3;. The summed E-state index contributed by atoms with van der Waals surface area (Å²) < 4.78 is 13.9. The summed E-state index contributed by atoms with van der Waals surface area (Å²) in [5.41, 5.74) is 12.5. The van der Waals surface area contributed by atoms with Gasteiger partial charge in [0.1, 0.15) is 0 Å². The Morgan fingerprint density at radius 1 is 0.384 bits per heavy atom. The predicted octanol–water partition coefficient (Wildman–Crippen LogP) is 17.1. The van der Waals surface area contributed by atoms with Crippen molar-refractivity contribution >= 4 is 120 Å². The Bertz CT molecular complexity index is 4900. The summed E-state index contributed by atoms with van der Waals surface area (Å²) >= 11 is 0. The van der Waals surface area contributed by atoms with E-state index in [2.05, 4.69) is 231 Å². The van der Waals surface area contributed by atoms with Crippen molar-refractivity contribution in [3.8, 4) is 22.6 Å². The molecule has 0 atom stereocenters. The second kappa shape index (κ2) is 16.0. The summed E-state index contributed by atoms with van der Waals surface area (Å²) in [6.07, 6.45) is 1.89. The summed E-state index contributed by atoms with van der Waals surface area (Å²) in [4.78, 5) is 7.42. The predicted molar refractivity (Wildman–Crippen MR) is 297 cm³/mol. The van der Waals surface area contributed by atoms with Gasteiger partial charge in [-0.15, -0.1) is 35.7 Å². The molecule has 15 aromatic rings. The Kier molecular flexibility index (Phi) is 9.11. The first kappa shape index (κ1) is 41.7. The molecule has 0 saturated heterocycles. The number of aromatic nitrogens is 4. The van der Waals surface area contributed by atoms with E-state index >= 15 is 0 Å². The van der Waals surface area contributed by atoms with Gasteiger partial charge >= 0.3 is 0 Å². The van der Waals surface area contributed by atoms with E-state index in [1.807, 2.05) is 30.5 Å². The van der Waals surface area contributed by atoms with Gasteiger partial charge < -0.3 is 23.0 Å². The van der Waals surface area contributed by atoms with Crippen LogP contribution in [0.3, 0.4) is 0 Å². The van der Waals surface area contributed by atoms with Crippen molar-refractivity contribution in [2.75, 3.05) is 4.90 Å². The summed E-state index contributed by atoms with van der Waals surface area (Å²) in [6, 6.07) is 85.6. The molecule has 0 spiro atoms. The Balaban J connectivity index is 0.00000473. The van der Waals surface area contributed by atoms with Crippen molar-refractivity contribution < 1.29 is 25.8 Å². The third-order valence-electron chi connectivity index (χ3n) is 14.9. The van der Waals surface area contributed by atoms with Gasteiger partial charge in [0.25, 0.3) is 0 Å². The molecule has 7 heteroatoms. The van der Waals surface area contributed by atoms with Gasteiger partial charge in [-0.2, -0.15) is 12.1 Å². The number of hydrogen-bond donors (Lipinski definition) is 0. The van der Waals surface area contributed by atoms with Crippen molar-refractivity contribution in [2.24, 2.45) is 0 Å². The quantitative estimate of drug-likeness (QED) is 0.165. The molecule has 5 aromatic heterocycles. The first-order valence-electron chi connectivity index (χ1n) is 24.4. The van der Waals surface area contributed by atoms with Gasteiger partial charge in [-0.05, 0) is 90.8 Å². The number of pyridine rings is 1. The van der Waals surface area contributed by atoms with E-state index in [1.165, 1.54) is 43.2 Å². The number of hydrogen-bond acceptors (Lipinski definition) is 3. The van der Waals surface area contributed by atoms with Crippen LogP contribution >= 0.6 is 0 Å². The molecule has 0 fully saturated rings. The van der Waals surface area contributed by atoms with Gasteiger partial charge in [0.05, 0.1) is 16.6 Å². The number of para-hydroxylation sites is 5. The molecule has 0 radical (unpaired) electrons. The Morgan fingerprint density at radius 3 is 1.66 bits per heavy atom. The third kappa shape index (κ3) is 5.96. The minimum Gasteiger partial charge on any atom is -0.509 e. The number of nitrogens with zero attached hydrogens (tertiary/aromatic N) is 5. The molecular weight excluding hydrogens is 1070 g/mol. The van der Waals surface area contributed by atoms with Crippen LogP contribution in [0.25, 0.3) is 120 Å². The molecule has 6 nitrogen and oxygen atoms in total. The van der Waals surface area contributed by atoms with Crippen LogP contribution in [0.2, 0.25) is 0 Å². The maximum Gasteiger partial charge on any atom is 0.160 e. The summed E-state index contributed by atoms with van der Waals surface area (Å²) in [6.45, 7) is 2.23. The topological polar surface area (TPSA) is 39.1 Å². The molecule has 6 heterocycles. The first-order valence-corrected chi connectivity index (χ1v) is 24.4. The third-order valence-corrected chi connectivity index (χ3v) is 14.9. The second-order valence-electron chi connectivity index (χ2n) is 18.7. The van der Waals surface area contributed by atoms with Crippen molar-refractivity contribution in [1.82, 2.24) is 18.4 Å². The molecule has 10 aromatic carbocycles. The number of fused-ring (bicyclic) bond motifs is 17. The molecule has 73 heavy (non-hydrogen) atoms. The van der Waals surface area contributed by atoms with Gasteiger partial charge in [-0.3, -0.25) is 0 Å². The fourth-order valence-corrected chi connectivity index (χ4v) is 12.0. The van der Waals surface area contributed by atoms with Crippen LogP contribution in [0.1, 0.15) is 0 Å². The second-order valence-corrected chi connectivity index (χ2v) is 18.7. The normalized spacial score (nSPS) is 12.4. The van der Waals surface area contributed by atoms with Crippen molar-refractivity contribution in [1.29, 1.82) is 0 Å². The number of benzene rings is 10. The molecule has 1 aliphatic rings. The molecular formula is C66H38N5OPt-3. The molecule has 0 aliphatic carbocycles. The maximum absolute atomic E-state index is 6.87. The van der Waals surface area contributed by atoms with Gasteiger partial charge in [-0.1, -0.05) is 175 Å². The number of rotatable bonds is 4. The molecule has 0 saturated carbocycles. The fraction of sp³-hybridized carbons (Fsp3) is 0. The largest absolute Gasteiger partial charge is 0.509 e. The van der Waals surface area contributed by atoms with E-state index in [4.69, 9.17) is 9.72 Å². The van der Waals surface area contributed by atoms with Crippen LogP contribution in [0.4, 0.5) is 11.4 Å². The maximum atomic E-state index is 6.87. The van der Waals surface area contributed by atoms with Gasteiger partial charge in [-0.25, -0.2) is 4.98 Å². The van der Waals surface area contributed by atoms with Crippen LogP contribution in [-0.4, -0.2) is 18.4 Å². The zero-order valence-electron chi connectivity index (χ0n) is 38.9. The minimum atomic E-state index is 0. The van der Waals surface area contributed by atoms with E-state index in [-0.39, 0.29) is 21.1 Å². The monoisotopic (exact) mass is 1110 g/mol. The molecule has 1 aliphatic heterocycles. The Labute approximate surface area is 432 Å². The van der Waals surface area contributed by atoms with E-state index in [9.17, 15) is 0 Å². The SMILES string of the molecule is [Pt].[c-]1c(Oc2[c-]c3c(cc2)c2cccc4c5cccc6c7ccccc7n(c7cccnc7n3c24)c65)cccc1N1[CH-]n2c3c(-c4ccccc4)cccc3c3ccccc3c3ccccc3c3cccc1c32. The van der Waals surface area contributed by atoms with Gasteiger partial charge in [0.15, 0.2) is 5.65 Å². The smallest absolute Gasteiger partial charge is 0.160 e. The molecule has 346 valence electrons. The van der Waals surface area contributed by atoms with Crippen LogP contribution in [0, 0.1) is 18.8 Å². The Morgan fingerprint density at radius 2 is 0.918 bits per heavy atom. The number of anilines is 2. The van der Waals surface area contributed by atoms with E-state index in [0.29, 0.717) is 11.5 Å². The zero-order chi connectivity index (χ0) is 47.0. The number of ether oxygens (including phenoxy) is 1. The first-order chi connectivity index (χ1) is 35.7. The van der Waals surface area contributed by atoms with Crippen LogP contribution in [0.15, 0.2) is 225 Å². The average molecular weight is 1110 g/mol. The summed E-state index contributed by atoms with van der Waals surface area (Å²) in [5.74, 6) is 1.16. The fourth-order valence-electron chi connectivity index (χ4n) is 12.0.